The standard InChI is InChI=1S/C24H27N3O3S2/c28-23(25-18-22(27-14-4-5-15-27)20-7-2-1-3-8-20)17-19-10-12-21(13-11-19)26-32(29,30)24-9-6-16-31-24/h1-3,6-13,16,22,26H,4-5,14-15,17-18H2,(H,25,28). The number of amides is 1. The van der Waals surface area contributed by atoms with Gasteiger partial charge in [0.1, 0.15) is 4.21 Å². The second-order valence-corrected chi connectivity index (χ2v) is 10.7. The molecule has 3 aromatic rings. The minimum atomic E-state index is -3.57. The van der Waals surface area contributed by atoms with Crippen molar-refractivity contribution in [3.05, 3.63) is 83.2 Å². The Morgan fingerprint density at radius 1 is 0.969 bits per heavy atom. The molecule has 1 fully saturated rings. The minimum absolute atomic E-state index is 0.0444. The van der Waals surface area contributed by atoms with E-state index >= 15 is 0 Å². The first-order valence-electron chi connectivity index (χ1n) is 10.7. The topological polar surface area (TPSA) is 78.5 Å². The first-order chi connectivity index (χ1) is 15.5. The van der Waals surface area contributed by atoms with Crippen LogP contribution in [0.2, 0.25) is 0 Å². The van der Waals surface area contributed by atoms with Gasteiger partial charge in [-0.15, -0.1) is 11.3 Å². The molecule has 0 spiro atoms. The smallest absolute Gasteiger partial charge is 0.271 e. The van der Waals surface area contributed by atoms with E-state index in [1.165, 1.54) is 29.7 Å². The van der Waals surface area contributed by atoms with Crippen LogP contribution >= 0.6 is 11.3 Å². The van der Waals surface area contributed by atoms with Crippen molar-refractivity contribution in [3.8, 4) is 0 Å². The lowest BCUT2D eigenvalue weighted by Crippen LogP contribution is -2.37. The highest BCUT2D eigenvalue weighted by atomic mass is 32.2. The van der Waals surface area contributed by atoms with E-state index in [4.69, 9.17) is 0 Å². The number of sulfonamides is 1. The van der Waals surface area contributed by atoms with Gasteiger partial charge >= 0.3 is 0 Å². The molecular weight excluding hydrogens is 442 g/mol. The fourth-order valence-corrected chi connectivity index (χ4v) is 6.01. The Morgan fingerprint density at radius 2 is 1.69 bits per heavy atom. The third kappa shape index (κ3) is 5.76. The zero-order valence-electron chi connectivity index (χ0n) is 17.7. The van der Waals surface area contributed by atoms with E-state index in [-0.39, 0.29) is 22.6 Å². The summed E-state index contributed by atoms with van der Waals surface area (Å²) in [7, 11) is -3.57. The number of nitrogens with one attached hydrogen (secondary N) is 2. The van der Waals surface area contributed by atoms with E-state index < -0.39 is 10.0 Å². The van der Waals surface area contributed by atoms with Gasteiger partial charge in [-0.1, -0.05) is 48.5 Å². The molecule has 0 radical (unpaired) electrons. The van der Waals surface area contributed by atoms with Crippen molar-refractivity contribution >= 4 is 33.0 Å². The van der Waals surface area contributed by atoms with Crippen molar-refractivity contribution in [2.24, 2.45) is 0 Å². The molecule has 2 N–H and O–H groups in total. The summed E-state index contributed by atoms with van der Waals surface area (Å²) in [5.41, 5.74) is 2.52. The molecule has 1 aliphatic heterocycles. The Hall–Kier alpha value is -2.68. The quantitative estimate of drug-likeness (QED) is 0.496. The van der Waals surface area contributed by atoms with Gasteiger partial charge in [-0.3, -0.25) is 14.4 Å². The molecule has 0 bridgehead atoms. The van der Waals surface area contributed by atoms with Crippen LogP contribution in [0.3, 0.4) is 0 Å². The molecule has 4 rings (SSSR count). The largest absolute Gasteiger partial charge is 0.354 e. The van der Waals surface area contributed by atoms with Gasteiger partial charge in [0, 0.05) is 12.2 Å². The van der Waals surface area contributed by atoms with Gasteiger partial charge < -0.3 is 5.32 Å². The maximum absolute atomic E-state index is 12.6. The Kier molecular flexibility index (Phi) is 7.24. The third-order valence-electron chi connectivity index (χ3n) is 5.59. The fourth-order valence-electron chi connectivity index (χ4n) is 3.96. The Labute approximate surface area is 193 Å². The molecule has 1 saturated heterocycles. The summed E-state index contributed by atoms with van der Waals surface area (Å²) >= 11 is 1.17. The van der Waals surface area contributed by atoms with E-state index in [1.54, 1.807) is 41.8 Å². The normalized spacial score (nSPS) is 15.4. The zero-order valence-corrected chi connectivity index (χ0v) is 19.4. The summed E-state index contributed by atoms with van der Waals surface area (Å²) in [6.07, 6.45) is 2.64. The van der Waals surface area contributed by atoms with Crippen molar-refractivity contribution in [1.29, 1.82) is 0 Å². The fraction of sp³-hybridized carbons (Fsp3) is 0.292. The molecule has 2 aromatic carbocycles. The van der Waals surface area contributed by atoms with Crippen molar-refractivity contribution < 1.29 is 13.2 Å². The summed E-state index contributed by atoms with van der Waals surface area (Å²) < 4.78 is 27.5. The predicted octanol–water partition coefficient (Wildman–Crippen LogP) is 4.04. The van der Waals surface area contributed by atoms with Crippen LogP contribution in [-0.2, 0) is 21.2 Å². The van der Waals surface area contributed by atoms with Gasteiger partial charge in [0.15, 0.2) is 0 Å². The molecule has 8 heteroatoms. The van der Waals surface area contributed by atoms with Gasteiger partial charge in [-0.25, -0.2) is 8.42 Å². The Balaban J connectivity index is 1.33. The molecule has 1 aliphatic rings. The molecule has 32 heavy (non-hydrogen) atoms. The number of benzene rings is 2. The SMILES string of the molecule is O=C(Cc1ccc(NS(=O)(=O)c2cccs2)cc1)NCC(c1ccccc1)N1CCCC1. The molecule has 1 amide bonds. The minimum Gasteiger partial charge on any atom is -0.354 e. The molecular formula is C24H27N3O3S2. The highest BCUT2D eigenvalue weighted by Gasteiger charge is 2.23. The average Bonchev–Trinajstić information content (AvgIpc) is 3.51. The van der Waals surface area contributed by atoms with Crippen LogP contribution in [0.4, 0.5) is 5.69 Å². The van der Waals surface area contributed by atoms with E-state index in [2.05, 4.69) is 27.1 Å². The van der Waals surface area contributed by atoms with Gasteiger partial charge in [-0.05, 0) is 60.6 Å². The summed E-state index contributed by atoms with van der Waals surface area (Å²) in [6, 6.07) is 20.7. The van der Waals surface area contributed by atoms with E-state index in [0.717, 1.165) is 18.7 Å². The maximum atomic E-state index is 12.6. The van der Waals surface area contributed by atoms with Crippen molar-refractivity contribution in [2.45, 2.75) is 29.5 Å². The number of carbonyl (C=O) groups excluding carboxylic acids is 1. The van der Waals surface area contributed by atoms with Crippen molar-refractivity contribution in [1.82, 2.24) is 10.2 Å². The molecule has 2 heterocycles. The van der Waals surface area contributed by atoms with Crippen LogP contribution in [0.25, 0.3) is 0 Å². The predicted molar refractivity (Wildman–Crippen MR) is 128 cm³/mol. The number of thiophene rings is 1. The Morgan fingerprint density at radius 3 is 2.34 bits per heavy atom. The Bertz CT molecular complexity index is 1110. The number of carbonyl (C=O) groups is 1. The number of nitrogens with zero attached hydrogens (tertiary/aromatic N) is 1. The maximum Gasteiger partial charge on any atom is 0.271 e. The third-order valence-corrected chi connectivity index (χ3v) is 8.37. The zero-order chi connectivity index (χ0) is 22.4. The van der Waals surface area contributed by atoms with E-state index in [9.17, 15) is 13.2 Å². The van der Waals surface area contributed by atoms with Crippen LogP contribution in [0, 0.1) is 0 Å². The number of hydrogen-bond donors (Lipinski definition) is 2. The molecule has 1 atom stereocenters. The second-order valence-electron chi connectivity index (χ2n) is 7.88. The summed E-state index contributed by atoms with van der Waals surface area (Å²) in [6.45, 7) is 2.68. The highest BCUT2D eigenvalue weighted by molar-refractivity contribution is 7.94. The lowest BCUT2D eigenvalue weighted by atomic mass is 10.1. The van der Waals surface area contributed by atoms with Gasteiger partial charge in [0.2, 0.25) is 5.91 Å². The summed E-state index contributed by atoms with van der Waals surface area (Å²) in [5, 5.41) is 4.81. The van der Waals surface area contributed by atoms with E-state index in [0.29, 0.717) is 12.2 Å². The summed E-state index contributed by atoms with van der Waals surface area (Å²) in [4.78, 5) is 15.0. The van der Waals surface area contributed by atoms with Crippen LogP contribution in [0.15, 0.2) is 76.3 Å². The first kappa shape index (κ1) is 22.5. The van der Waals surface area contributed by atoms with Crippen LogP contribution in [0.5, 0.6) is 0 Å². The molecule has 1 unspecified atom stereocenters. The lowest BCUT2D eigenvalue weighted by molar-refractivity contribution is -0.120. The van der Waals surface area contributed by atoms with Crippen LogP contribution < -0.4 is 10.0 Å². The second kappa shape index (κ2) is 10.3. The number of hydrogen-bond acceptors (Lipinski definition) is 5. The van der Waals surface area contributed by atoms with Gasteiger partial charge in [0.05, 0.1) is 12.5 Å². The monoisotopic (exact) mass is 469 g/mol. The van der Waals surface area contributed by atoms with E-state index in [1.807, 2.05) is 18.2 Å². The number of likely N-dealkylation sites (tertiary alicyclic amines) is 1. The number of rotatable bonds is 9. The molecule has 1 aromatic heterocycles. The van der Waals surface area contributed by atoms with Crippen LogP contribution in [-0.4, -0.2) is 38.9 Å². The van der Waals surface area contributed by atoms with Crippen molar-refractivity contribution in [2.75, 3.05) is 24.4 Å². The van der Waals surface area contributed by atoms with Crippen LogP contribution in [0.1, 0.15) is 30.0 Å². The summed E-state index contributed by atoms with van der Waals surface area (Å²) in [5.74, 6) is -0.0444. The van der Waals surface area contributed by atoms with Gasteiger partial charge in [-0.2, -0.15) is 0 Å². The van der Waals surface area contributed by atoms with Gasteiger partial charge in [0.25, 0.3) is 10.0 Å². The number of anilines is 1. The van der Waals surface area contributed by atoms with Crippen molar-refractivity contribution in [3.63, 3.8) is 0 Å². The molecule has 0 aliphatic carbocycles. The average molecular weight is 470 g/mol. The molecule has 6 nitrogen and oxygen atoms in total. The highest BCUT2D eigenvalue weighted by Crippen LogP contribution is 2.24. The molecule has 0 saturated carbocycles. The molecule has 168 valence electrons. The lowest BCUT2D eigenvalue weighted by Gasteiger charge is -2.28. The first-order valence-corrected chi connectivity index (χ1v) is 13.1.